The normalized spacial score (nSPS) is 18.2. The Bertz CT molecular complexity index is 902. The van der Waals surface area contributed by atoms with Gasteiger partial charge in [-0.05, 0) is 43.3 Å². The van der Waals surface area contributed by atoms with Gasteiger partial charge in [0.1, 0.15) is 16.8 Å². The van der Waals surface area contributed by atoms with Crippen LogP contribution in [0.4, 0.5) is 15.8 Å². The molecular formula is C20H20FN3O3S. The Morgan fingerprint density at radius 1 is 1.29 bits per heavy atom. The van der Waals surface area contributed by atoms with Gasteiger partial charge in [0.2, 0.25) is 11.8 Å². The summed E-state index contributed by atoms with van der Waals surface area (Å²) in [6.07, 6.45) is 0.0176. The number of hydrogen-bond acceptors (Lipinski definition) is 5. The molecule has 2 aromatic rings. The maximum absolute atomic E-state index is 13.8. The smallest absolute Gasteiger partial charge is 0.238 e. The number of amidine groups is 1. The molecule has 28 heavy (non-hydrogen) atoms. The fourth-order valence-corrected chi connectivity index (χ4v) is 3.63. The van der Waals surface area contributed by atoms with Crippen molar-refractivity contribution >= 4 is 40.1 Å². The number of benzene rings is 2. The van der Waals surface area contributed by atoms with Crippen molar-refractivity contribution in [2.45, 2.75) is 18.6 Å². The first kappa shape index (κ1) is 19.9. The highest BCUT2D eigenvalue weighted by molar-refractivity contribution is 8.15. The zero-order valence-corrected chi connectivity index (χ0v) is 16.3. The van der Waals surface area contributed by atoms with Gasteiger partial charge in [-0.15, -0.1) is 0 Å². The second kappa shape index (κ2) is 8.88. The van der Waals surface area contributed by atoms with Gasteiger partial charge in [0.25, 0.3) is 0 Å². The molecule has 3 rings (SSSR count). The third-order valence-electron chi connectivity index (χ3n) is 4.07. The van der Waals surface area contributed by atoms with E-state index in [2.05, 4.69) is 10.3 Å². The molecule has 1 fully saturated rings. The summed E-state index contributed by atoms with van der Waals surface area (Å²) >= 11 is 1.18. The van der Waals surface area contributed by atoms with Crippen molar-refractivity contribution in [1.82, 2.24) is 4.90 Å². The lowest BCUT2D eigenvalue weighted by atomic mass is 10.2. The number of nitrogens with one attached hydrogen (secondary N) is 1. The second-order valence-electron chi connectivity index (χ2n) is 6.05. The van der Waals surface area contributed by atoms with Crippen molar-refractivity contribution in [3.63, 3.8) is 0 Å². The Labute approximate surface area is 166 Å². The SMILES string of the molecule is CCOc1ccc(N=C2S[C@@H](C(=O)Nc3ccccc3F)CC(=O)N2C)cc1. The van der Waals surface area contributed by atoms with Crippen molar-refractivity contribution in [3.05, 3.63) is 54.3 Å². The maximum Gasteiger partial charge on any atom is 0.238 e. The molecule has 0 spiro atoms. The summed E-state index contributed by atoms with van der Waals surface area (Å²) < 4.78 is 19.2. The molecule has 1 aliphatic heterocycles. The van der Waals surface area contributed by atoms with Crippen LogP contribution in [0.3, 0.4) is 0 Å². The van der Waals surface area contributed by atoms with Crippen LogP contribution in [0.1, 0.15) is 13.3 Å². The van der Waals surface area contributed by atoms with Gasteiger partial charge < -0.3 is 10.1 Å². The molecule has 1 heterocycles. The lowest BCUT2D eigenvalue weighted by molar-refractivity contribution is -0.128. The number of para-hydroxylation sites is 1. The molecule has 1 N–H and O–H groups in total. The number of hydrogen-bond donors (Lipinski definition) is 1. The number of carbonyl (C=O) groups is 2. The number of ether oxygens (including phenoxy) is 1. The number of amides is 2. The number of thioether (sulfide) groups is 1. The Morgan fingerprint density at radius 3 is 2.68 bits per heavy atom. The van der Waals surface area contributed by atoms with E-state index >= 15 is 0 Å². The van der Waals surface area contributed by atoms with Crippen LogP contribution in [0.2, 0.25) is 0 Å². The van der Waals surface area contributed by atoms with Gasteiger partial charge in [0.15, 0.2) is 5.17 Å². The summed E-state index contributed by atoms with van der Waals surface area (Å²) in [6, 6.07) is 13.1. The average molecular weight is 401 g/mol. The second-order valence-corrected chi connectivity index (χ2v) is 7.22. The Hall–Kier alpha value is -2.87. The van der Waals surface area contributed by atoms with E-state index in [1.54, 1.807) is 43.4 Å². The topological polar surface area (TPSA) is 71.0 Å². The van der Waals surface area contributed by atoms with Gasteiger partial charge >= 0.3 is 0 Å². The first-order valence-corrected chi connectivity index (χ1v) is 9.66. The molecule has 1 saturated heterocycles. The first-order chi connectivity index (χ1) is 13.5. The molecule has 0 aromatic heterocycles. The van der Waals surface area contributed by atoms with Gasteiger partial charge in [0.05, 0.1) is 18.0 Å². The predicted octanol–water partition coefficient (Wildman–Crippen LogP) is 3.81. The first-order valence-electron chi connectivity index (χ1n) is 8.78. The molecule has 1 aliphatic rings. The fraction of sp³-hybridized carbons (Fsp3) is 0.250. The summed E-state index contributed by atoms with van der Waals surface area (Å²) in [7, 11) is 1.62. The standard InChI is InChI=1S/C20H20FN3O3S/c1-3-27-14-10-8-13(9-11-14)22-20-24(2)18(25)12-17(28-20)19(26)23-16-7-5-4-6-15(16)21/h4-11,17H,3,12H2,1-2H3,(H,23,26)/t17-/m1/s1. The van der Waals surface area contributed by atoms with Gasteiger partial charge in [-0.2, -0.15) is 0 Å². The zero-order chi connectivity index (χ0) is 20.1. The largest absolute Gasteiger partial charge is 0.494 e. The van der Waals surface area contributed by atoms with Gasteiger partial charge in [-0.1, -0.05) is 23.9 Å². The van der Waals surface area contributed by atoms with Crippen LogP contribution in [0.5, 0.6) is 5.75 Å². The molecule has 0 radical (unpaired) electrons. The number of rotatable bonds is 5. The minimum Gasteiger partial charge on any atom is -0.494 e. The number of anilines is 1. The lowest BCUT2D eigenvalue weighted by Crippen LogP contribution is -2.43. The predicted molar refractivity (Wildman–Crippen MR) is 109 cm³/mol. The van der Waals surface area contributed by atoms with Crippen LogP contribution in [0.25, 0.3) is 0 Å². The minimum atomic E-state index is -0.690. The van der Waals surface area contributed by atoms with Crippen LogP contribution in [0.15, 0.2) is 53.5 Å². The quantitative estimate of drug-likeness (QED) is 0.827. The molecule has 0 saturated carbocycles. The molecule has 2 amide bonds. The number of carbonyl (C=O) groups excluding carboxylic acids is 2. The van der Waals surface area contributed by atoms with Crippen LogP contribution in [0, 0.1) is 5.82 Å². The van der Waals surface area contributed by atoms with E-state index in [4.69, 9.17) is 4.74 Å². The van der Waals surface area contributed by atoms with E-state index in [1.165, 1.54) is 28.8 Å². The zero-order valence-electron chi connectivity index (χ0n) is 15.5. The molecule has 0 unspecified atom stereocenters. The highest BCUT2D eigenvalue weighted by Crippen LogP contribution is 2.29. The molecule has 6 nitrogen and oxygen atoms in total. The summed E-state index contributed by atoms with van der Waals surface area (Å²) in [5, 5.41) is 2.27. The third kappa shape index (κ3) is 4.69. The molecular weight excluding hydrogens is 381 g/mol. The maximum atomic E-state index is 13.8. The minimum absolute atomic E-state index is 0.0176. The van der Waals surface area contributed by atoms with Crippen LogP contribution >= 0.6 is 11.8 Å². The van der Waals surface area contributed by atoms with Crippen molar-refractivity contribution in [2.24, 2.45) is 4.99 Å². The summed E-state index contributed by atoms with van der Waals surface area (Å²) in [5.41, 5.74) is 0.727. The number of nitrogens with zero attached hydrogens (tertiary/aromatic N) is 2. The van der Waals surface area contributed by atoms with E-state index in [1.807, 2.05) is 6.92 Å². The van der Waals surface area contributed by atoms with Crippen molar-refractivity contribution in [2.75, 3.05) is 19.0 Å². The number of halogens is 1. The van der Waals surface area contributed by atoms with Crippen LogP contribution < -0.4 is 10.1 Å². The molecule has 1 atom stereocenters. The summed E-state index contributed by atoms with van der Waals surface area (Å²) in [5.74, 6) is -0.453. The van der Waals surface area contributed by atoms with E-state index in [9.17, 15) is 14.0 Å². The molecule has 0 bridgehead atoms. The average Bonchev–Trinajstić information content (AvgIpc) is 2.68. The monoisotopic (exact) mass is 401 g/mol. The van der Waals surface area contributed by atoms with Crippen LogP contribution in [-0.2, 0) is 9.59 Å². The molecule has 2 aromatic carbocycles. The summed E-state index contributed by atoms with van der Waals surface area (Å²) in [4.78, 5) is 30.8. The highest BCUT2D eigenvalue weighted by Gasteiger charge is 2.34. The Morgan fingerprint density at radius 2 is 2.00 bits per heavy atom. The third-order valence-corrected chi connectivity index (χ3v) is 5.31. The van der Waals surface area contributed by atoms with Crippen molar-refractivity contribution in [3.8, 4) is 5.75 Å². The Kier molecular flexibility index (Phi) is 6.30. The van der Waals surface area contributed by atoms with Gasteiger partial charge in [0, 0.05) is 13.5 Å². The van der Waals surface area contributed by atoms with Crippen molar-refractivity contribution in [1.29, 1.82) is 0 Å². The molecule has 8 heteroatoms. The number of aliphatic imine (C=N–C) groups is 1. The van der Waals surface area contributed by atoms with Crippen molar-refractivity contribution < 1.29 is 18.7 Å². The Balaban J connectivity index is 1.76. The van der Waals surface area contributed by atoms with E-state index in [-0.39, 0.29) is 18.0 Å². The summed E-state index contributed by atoms with van der Waals surface area (Å²) in [6.45, 7) is 2.47. The van der Waals surface area contributed by atoms with E-state index in [0.717, 1.165) is 5.75 Å². The fourth-order valence-electron chi connectivity index (χ4n) is 2.57. The van der Waals surface area contributed by atoms with Crippen LogP contribution in [-0.4, -0.2) is 40.8 Å². The highest BCUT2D eigenvalue weighted by atomic mass is 32.2. The van der Waals surface area contributed by atoms with Gasteiger partial charge in [-0.25, -0.2) is 9.38 Å². The van der Waals surface area contributed by atoms with E-state index in [0.29, 0.717) is 17.5 Å². The lowest BCUT2D eigenvalue weighted by Gasteiger charge is -2.28. The van der Waals surface area contributed by atoms with E-state index < -0.39 is 17.0 Å². The van der Waals surface area contributed by atoms with Gasteiger partial charge in [-0.3, -0.25) is 14.5 Å². The molecule has 0 aliphatic carbocycles. The molecule has 146 valence electrons.